The van der Waals surface area contributed by atoms with E-state index in [0.717, 1.165) is 25.8 Å². The number of hydrogen-bond donors (Lipinski definition) is 1. The third-order valence-electron chi connectivity index (χ3n) is 6.99. The van der Waals surface area contributed by atoms with Crippen molar-refractivity contribution in [2.24, 2.45) is 5.73 Å². The van der Waals surface area contributed by atoms with Crippen LogP contribution in [0.25, 0.3) is 32.9 Å². The second-order valence-corrected chi connectivity index (χ2v) is 9.39. The molecule has 2 aromatic carbocycles. The molecule has 1 aliphatic rings. The molecule has 0 radical (unpaired) electrons. The van der Waals surface area contributed by atoms with Crippen molar-refractivity contribution in [1.29, 1.82) is 0 Å². The molecule has 1 unspecified atom stereocenters. The molecule has 2 N–H and O–H groups in total. The second-order valence-electron chi connectivity index (χ2n) is 9.39. The van der Waals surface area contributed by atoms with Crippen LogP contribution >= 0.6 is 0 Å². The number of anilines is 1. The van der Waals surface area contributed by atoms with Crippen molar-refractivity contribution in [1.82, 2.24) is 15.0 Å². The highest BCUT2D eigenvalue weighted by atomic mass is 19.1. The summed E-state index contributed by atoms with van der Waals surface area (Å²) in [5.41, 5.74) is 7.17. The number of halogens is 2. The molecule has 4 aromatic rings. The van der Waals surface area contributed by atoms with Gasteiger partial charge in [-0.05, 0) is 60.2 Å². The Hall–Kier alpha value is -3.63. The fourth-order valence-corrected chi connectivity index (χ4v) is 5.11. The van der Waals surface area contributed by atoms with Crippen LogP contribution in [0.4, 0.5) is 14.6 Å². The number of aromatic nitrogens is 3. The number of ether oxygens (including phenoxy) is 3. The molecule has 0 saturated carbocycles. The number of methoxy groups -OCH3 is 2. The van der Waals surface area contributed by atoms with E-state index in [1.165, 1.54) is 20.3 Å². The summed E-state index contributed by atoms with van der Waals surface area (Å²) in [4.78, 5) is 15.5. The molecule has 5 rings (SSSR count). The number of hydrogen-bond acceptors (Lipinski definition) is 8. The maximum atomic E-state index is 16.4. The molecule has 10 heteroatoms. The lowest BCUT2D eigenvalue weighted by Crippen LogP contribution is -2.27. The fourth-order valence-electron chi connectivity index (χ4n) is 5.11. The molecule has 200 valence electrons. The van der Waals surface area contributed by atoms with Gasteiger partial charge in [-0.2, -0.15) is 9.97 Å². The maximum absolute atomic E-state index is 16.4. The second kappa shape index (κ2) is 11.0. The number of aryl methyl sites for hydroxylation is 1. The summed E-state index contributed by atoms with van der Waals surface area (Å²) >= 11 is 0. The first-order valence-corrected chi connectivity index (χ1v) is 12.7. The molecule has 3 heterocycles. The number of benzene rings is 2. The van der Waals surface area contributed by atoms with Gasteiger partial charge in [-0.25, -0.2) is 8.78 Å². The Kier molecular flexibility index (Phi) is 7.53. The molecule has 0 bridgehead atoms. The van der Waals surface area contributed by atoms with Gasteiger partial charge < -0.3 is 24.8 Å². The molecule has 0 spiro atoms. The average molecular weight is 524 g/mol. The summed E-state index contributed by atoms with van der Waals surface area (Å²) in [7, 11) is 2.96. The fraction of sp³-hybridized carbons (Fsp3) is 0.393. The molecular formula is C28H31F2N5O3. The van der Waals surface area contributed by atoms with Crippen LogP contribution in [0.2, 0.25) is 0 Å². The predicted molar refractivity (Wildman–Crippen MR) is 143 cm³/mol. The maximum Gasteiger partial charge on any atom is 0.318 e. The van der Waals surface area contributed by atoms with Gasteiger partial charge in [0, 0.05) is 38.0 Å². The van der Waals surface area contributed by atoms with E-state index in [4.69, 9.17) is 19.9 Å². The van der Waals surface area contributed by atoms with Crippen LogP contribution in [0.5, 0.6) is 11.8 Å². The molecule has 1 aliphatic heterocycles. The topological polar surface area (TPSA) is 95.6 Å². The Morgan fingerprint density at radius 3 is 2.71 bits per heavy atom. The van der Waals surface area contributed by atoms with Crippen LogP contribution in [0.15, 0.2) is 30.5 Å². The minimum Gasteiger partial charge on any atom is -0.468 e. The van der Waals surface area contributed by atoms with Crippen LogP contribution < -0.4 is 20.1 Å². The zero-order valence-electron chi connectivity index (χ0n) is 21.8. The zero-order valence-corrected chi connectivity index (χ0v) is 21.8. The van der Waals surface area contributed by atoms with Gasteiger partial charge in [0.1, 0.15) is 28.6 Å². The Labute approximate surface area is 219 Å². The SMILES string of the molecule is CCc1c(F)ccc2cc(OCOC)cc(-c3ncc4c(N5CCCC(N)CC5)nc(OC)nc4c3F)c12. The Morgan fingerprint density at radius 2 is 1.95 bits per heavy atom. The van der Waals surface area contributed by atoms with Crippen molar-refractivity contribution in [2.75, 3.05) is 39.0 Å². The normalized spacial score (nSPS) is 16.2. The molecule has 38 heavy (non-hydrogen) atoms. The van der Waals surface area contributed by atoms with E-state index in [-0.39, 0.29) is 35.9 Å². The van der Waals surface area contributed by atoms with Crippen LogP contribution in [-0.2, 0) is 11.2 Å². The third kappa shape index (κ3) is 4.81. The van der Waals surface area contributed by atoms with Gasteiger partial charge in [0.25, 0.3) is 0 Å². The van der Waals surface area contributed by atoms with Crippen LogP contribution in [-0.4, -0.2) is 55.1 Å². The van der Waals surface area contributed by atoms with Gasteiger partial charge in [-0.1, -0.05) is 13.0 Å². The molecule has 1 saturated heterocycles. The standard InChI is InChI=1S/C28H31F2N5O3/c1-4-19-22(29)8-7-16-12-18(38-15-36-2)13-20(23(16)19)25-24(30)26-21(14-32-25)27(34-28(33-26)37-3)35-10-5-6-17(31)9-11-35/h7-8,12-14,17H,4-6,9-11,15,31H2,1-3H3. The van der Waals surface area contributed by atoms with Gasteiger partial charge in [-0.15, -0.1) is 0 Å². The number of fused-ring (bicyclic) bond motifs is 2. The Bertz CT molecular complexity index is 1480. The van der Waals surface area contributed by atoms with Gasteiger partial charge in [-0.3, -0.25) is 4.98 Å². The third-order valence-corrected chi connectivity index (χ3v) is 6.99. The van der Waals surface area contributed by atoms with E-state index in [9.17, 15) is 4.39 Å². The number of rotatable bonds is 7. The van der Waals surface area contributed by atoms with Crippen molar-refractivity contribution < 1.29 is 23.0 Å². The summed E-state index contributed by atoms with van der Waals surface area (Å²) in [6, 6.07) is 6.67. The molecule has 8 nitrogen and oxygen atoms in total. The van der Waals surface area contributed by atoms with Gasteiger partial charge in [0.15, 0.2) is 12.6 Å². The van der Waals surface area contributed by atoms with Crippen molar-refractivity contribution in [3.63, 3.8) is 0 Å². The first kappa shape index (κ1) is 26.0. The summed E-state index contributed by atoms with van der Waals surface area (Å²) in [6.45, 7) is 3.28. The van der Waals surface area contributed by atoms with Crippen LogP contribution in [0, 0.1) is 11.6 Å². The lowest BCUT2D eigenvalue weighted by Gasteiger charge is -2.23. The Morgan fingerprint density at radius 1 is 1.11 bits per heavy atom. The molecule has 2 aromatic heterocycles. The largest absolute Gasteiger partial charge is 0.468 e. The van der Waals surface area contributed by atoms with Gasteiger partial charge in [0.2, 0.25) is 0 Å². The highest BCUT2D eigenvalue weighted by Crippen LogP contribution is 2.39. The monoisotopic (exact) mass is 523 g/mol. The summed E-state index contributed by atoms with van der Waals surface area (Å²) < 4.78 is 47.4. The summed E-state index contributed by atoms with van der Waals surface area (Å²) in [6.07, 6.45) is 4.61. The molecular weight excluding hydrogens is 492 g/mol. The first-order valence-electron chi connectivity index (χ1n) is 12.7. The van der Waals surface area contributed by atoms with E-state index in [1.807, 2.05) is 6.92 Å². The molecule has 0 amide bonds. The summed E-state index contributed by atoms with van der Waals surface area (Å²) in [5, 5.41) is 1.75. The average Bonchev–Trinajstić information content (AvgIpc) is 3.15. The van der Waals surface area contributed by atoms with Gasteiger partial charge >= 0.3 is 6.01 Å². The Balaban J connectivity index is 1.74. The van der Waals surface area contributed by atoms with Crippen molar-refractivity contribution in [3.8, 4) is 23.0 Å². The minimum absolute atomic E-state index is 0.00762. The quantitative estimate of drug-likeness (QED) is 0.339. The summed E-state index contributed by atoms with van der Waals surface area (Å²) in [5.74, 6) is -0.00135. The van der Waals surface area contributed by atoms with E-state index in [1.54, 1.807) is 24.4 Å². The lowest BCUT2D eigenvalue weighted by molar-refractivity contribution is 0.0512. The molecule has 1 fully saturated rings. The smallest absolute Gasteiger partial charge is 0.318 e. The van der Waals surface area contributed by atoms with E-state index in [2.05, 4.69) is 19.9 Å². The number of nitrogens with two attached hydrogens (primary N) is 1. The van der Waals surface area contributed by atoms with Crippen molar-refractivity contribution in [3.05, 3.63) is 47.7 Å². The molecule has 1 atom stereocenters. The first-order chi connectivity index (χ1) is 18.4. The predicted octanol–water partition coefficient (Wildman–Crippen LogP) is 4.99. The van der Waals surface area contributed by atoms with Crippen molar-refractivity contribution >= 4 is 27.5 Å². The highest BCUT2D eigenvalue weighted by molar-refractivity contribution is 6.01. The zero-order chi connectivity index (χ0) is 26.8. The molecule has 0 aliphatic carbocycles. The number of pyridine rings is 1. The van der Waals surface area contributed by atoms with E-state index in [0.29, 0.717) is 51.8 Å². The van der Waals surface area contributed by atoms with Gasteiger partial charge in [0.05, 0.1) is 12.5 Å². The minimum atomic E-state index is -0.646. The van der Waals surface area contributed by atoms with E-state index < -0.39 is 5.82 Å². The van der Waals surface area contributed by atoms with Crippen LogP contribution in [0.3, 0.4) is 0 Å². The van der Waals surface area contributed by atoms with Crippen molar-refractivity contribution in [2.45, 2.75) is 38.6 Å². The highest BCUT2D eigenvalue weighted by Gasteiger charge is 2.24. The van der Waals surface area contributed by atoms with Crippen LogP contribution in [0.1, 0.15) is 31.7 Å². The lowest BCUT2D eigenvalue weighted by atomic mass is 9.94. The number of nitrogens with zero attached hydrogens (tertiary/aromatic N) is 4. The van der Waals surface area contributed by atoms with E-state index >= 15 is 4.39 Å².